The lowest BCUT2D eigenvalue weighted by Crippen LogP contribution is -2.56. The number of hydrogen-bond donors (Lipinski definition) is 3. The summed E-state index contributed by atoms with van der Waals surface area (Å²) in [5.41, 5.74) is 9.73. The predicted octanol–water partition coefficient (Wildman–Crippen LogP) is 6.01. The van der Waals surface area contributed by atoms with E-state index in [2.05, 4.69) is 28.0 Å². The summed E-state index contributed by atoms with van der Waals surface area (Å²) in [6.07, 6.45) is 17.3. The van der Waals surface area contributed by atoms with Gasteiger partial charge >= 0.3 is 0 Å². The van der Waals surface area contributed by atoms with Crippen molar-refractivity contribution in [2.24, 2.45) is 38.8 Å². The number of nitrogens with zero attached hydrogens (tertiary/aromatic N) is 1. The lowest BCUT2D eigenvalue weighted by atomic mass is 9.42. The van der Waals surface area contributed by atoms with Gasteiger partial charge in [0.05, 0.1) is 5.54 Å². The molecule has 37 heavy (non-hydrogen) atoms. The van der Waals surface area contributed by atoms with E-state index in [0.717, 1.165) is 68.9 Å². The van der Waals surface area contributed by atoms with Crippen LogP contribution in [0.25, 0.3) is 0 Å². The third-order valence-electron chi connectivity index (χ3n) is 12.0. The number of carbonyl (C=O) groups is 1. The summed E-state index contributed by atoms with van der Waals surface area (Å²) in [5.74, 6) is 4.62. The fourth-order valence-electron chi connectivity index (χ4n) is 10.3. The number of guanidine groups is 1. The van der Waals surface area contributed by atoms with E-state index in [4.69, 9.17) is 5.73 Å². The number of aliphatic hydroxyl groups is 1. The molecule has 0 radical (unpaired) electrons. The van der Waals surface area contributed by atoms with Crippen molar-refractivity contribution in [2.75, 3.05) is 24.7 Å². The third-order valence-corrected chi connectivity index (χ3v) is 14.6. The largest absolute Gasteiger partial charge is 0.396 e. The van der Waals surface area contributed by atoms with Gasteiger partial charge in [-0.2, -0.15) is 0 Å². The number of nitrogens with two attached hydrogens (primary N) is 1. The van der Waals surface area contributed by atoms with Gasteiger partial charge < -0.3 is 16.2 Å². The summed E-state index contributed by atoms with van der Waals surface area (Å²) in [7, 11) is 4.08. The van der Waals surface area contributed by atoms with Gasteiger partial charge in [-0.05, 0) is 98.9 Å². The van der Waals surface area contributed by atoms with Crippen molar-refractivity contribution in [2.45, 2.75) is 109 Å². The van der Waals surface area contributed by atoms with Crippen LogP contribution in [0.15, 0.2) is 16.1 Å². The second kappa shape index (κ2) is 10.1. The van der Waals surface area contributed by atoms with E-state index in [1.807, 2.05) is 10.8 Å². The molecule has 206 valence electrons. The first-order valence-electron chi connectivity index (χ1n) is 15.1. The number of rotatable bonds is 4. The maximum atomic E-state index is 14.0. The quantitative estimate of drug-likeness (QED) is 0.296. The van der Waals surface area contributed by atoms with E-state index in [1.54, 1.807) is 5.57 Å². The number of allylic oxidation sites excluding steroid dienone is 2. The molecule has 0 aromatic carbocycles. The van der Waals surface area contributed by atoms with Crippen molar-refractivity contribution < 1.29 is 9.90 Å². The summed E-state index contributed by atoms with van der Waals surface area (Å²) < 4.78 is 0. The van der Waals surface area contributed by atoms with Crippen molar-refractivity contribution in [1.29, 1.82) is 0 Å². The number of aliphatic hydroxyl groups excluding tert-OH is 1. The Balaban J connectivity index is 1.39. The van der Waals surface area contributed by atoms with Crippen LogP contribution in [-0.4, -0.2) is 47.0 Å². The van der Waals surface area contributed by atoms with Gasteiger partial charge in [-0.25, -0.2) is 0 Å². The number of Topliss-reactive ketones (excluding diaryl/α,β-unsaturated/α-hetero) is 1. The number of nitrogens with one attached hydrogen (secondary N) is 1. The van der Waals surface area contributed by atoms with Gasteiger partial charge in [-0.1, -0.05) is 53.3 Å². The Morgan fingerprint density at radius 3 is 2.73 bits per heavy atom. The highest BCUT2D eigenvalue weighted by molar-refractivity contribution is 8.76. The molecule has 4 N–H and O–H groups in total. The average molecular weight is 546 g/mol. The Hall–Kier alpha value is -0.660. The van der Waals surface area contributed by atoms with Crippen molar-refractivity contribution >= 4 is 33.3 Å². The van der Waals surface area contributed by atoms with Crippen LogP contribution in [0, 0.1) is 28.1 Å². The van der Waals surface area contributed by atoms with Crippen LogP contribution in [0.2, 0.25) is 0 Å². The van der Waals surface area contributed by atoms with Crippen LogP contribution in [0.4, 0.5) is 0 Å². The van der Waals surface area contributed by atoms with Gasteiger partial charge in [0, 0.05) is 36.5 Å². The second-order valence-corrected chi connectivity index (χ2v) is 16.1. The maximum Gasteiger partial charge on any atom is 0.189 e. The van der Waals surface area contributed by atoms with Crippen molar-refractivity contribution in [3.05, 3.63) is 11.1 Å². The molecule has 0 amide bonds. The molecular weight excluding hydrogens is 498 g/mol. The lowest BCUT2D eigenvalue weighted by Gasteiger charge is -2.61. The number of ketones is 1. The molecular formula is C30H47N3O2S2. The molecule has 6 aliphatic rings. The molecule has 0 saturated heterocycles. The van der Waals surface area contributed by atoms with E-state index < -0.39 is 0 Å². The highest BCUT2D eigenvalue weighted by atomic mass is 33.1. The van der Waals surface area contributed by atoms with Gasteiger partial charge in [0.1, 0.15) is 0 Å². The topological polar surface area (TPSA) is 87.7 Å². The predicted molar refractivity (Wildman–Crippen MR) is 156 cm³/mol. The molecule has 2 aliphatic heterocycles. The molecule has 3 spiro atoms. The van der Waals surface area contributed by atoms with Gasteiger partial charge in [0.15, 0.2) is 11.7 Å². The third kappa shape index (κ3) is 4.15. The zero-order valence-electron chi connectivity index (χ0n) is 22.8. The number of aliphatic imine (C=N–C) groups is 1. The van der Waals surface area contributed by atoms with Gasteiger partial charge in [-0.15, -0.1) is 0 Å². The Morgan fingerprint density at radius 2 is 1.95 bits per heavy atom. The molecule has 7 heteroatoms. The molecule has 3 fully saturated rings. The molecule has 4 aliphatic carbocycles. The first-order valence-corrected chi connectivity index (χ1v) is 17.6. The van der Waals surface area contributed by atoms with Crippen molar-refractivity contribution in [3.8, 4) is 0 Å². The molecule has 6 rings (SSSR count). The first-order chi connectivity index (χ1) is 17.9. The minimum absolute atomic E-state index is 0.00165. The van der Waals surface area contributed by atoms with E-state index in [1.165, 1.54) is 56.9 Å². The van der Waals surface area contributed by atoms with E-state index in [-0.39, 0.29) is 16.4 Å². The molecule has 5 nitrogen and oxygen atoms in total. The number of hydrogen-bond acceptors (Lipinski definition) is 7. The first kappa shape index (κ1) is 26.6. The normalized spacial score (nSPS) is 41.4. The summed E-state index contributed by atoms with van der Waals surface area (Å²) in [6, 6.07) is 0. The summed E-state index contributed by atoms with van der Waals surface area (Å²) in [5, 5.41) is 13.2. The molecule has 0 aromatic heterocycles. The minimum Gasteiger partial charge on any atom is -0.396 e. The highest BCUT2D eigenvalue weighted by Crippen LogP contribution is 2.79. The van der Waals surface area contributed by atoms with Crippen molar-refractivity contribution in [1.82, 2.24) is 5.32 Å². The fraction of sp³-hybridized carbons (Fsp3) is 0.867. The van der Waals surface area contributed by atoms with E-state index >= 15 is 0 Å². The summed E-state index contributed by atoms with van der Waals surface area (Å²) in [6.45, 7) is 3.70. The fourth-order valence-corrected chi connectivity index (χ4v) is 13.2. The molecule has 3 saturated carbocycles. The Kier molecular flexibility index (Phi) is 7.23. The van der Waals surface area contributed by atoms with Gasteiger partial charge in [-0.3, -0.25) is 9.79 Å². The second-order valence-electron chi connectivity index (χ2n) is 13.5. The van der Waals surface area contributed by atoms with Crippen LogP contribution < -0.4 is 11.1 Å². The average Bonchev–Trinajstić information content (AvgIpc) is 3.47. The Morgan fingerprint density at radius 1 is 1.11 bits per heavy atom. The monoisotopic (exact) mass is 545 g/mol. The maximum absolute atomic E-state index is 14.0. The molecule has 0 unspecified atom stereocenters. The summed E-state index contributed by atoms with van der Waals surface area (Å²) >= 11 is 0. The van der Waals surface area contributed by atoms with Crippen LogP contribution in [0.5, 0.6) is 0 Å². The summed E-state index contributed by atoms with van der Waals surface area (Å²) in [4.78, 5) is 18.4. The van der Waals surface area contributed by atoms with Crippen LogP contribution in [0.1, 0.15) is 103 Å². The zero-order chi connectivity index (χ0) is 25.7. The highest BCUT2D eigenvalue weighted by Gasteiger charge is 2.72. The molecule has 0 aromatic rings. The SMILES string of the molecule is C[C@]12CCSSC[C@]3(CCCC4=C5C[C@H]1CC1(CCCC1)[C@@H](CCCCO)[C@@]52CC4=O)CCN=C(N)N3. The lowest BCUT2D eigenvalue weighted by molar-refractivity contribution is -0.134. The molecule has 2 heterocycles. The van der Waals surface area contributed by atoms with Crippen LogP contribution >= 0.6 is 21.6 Å². The molecule has 5 bridgehead atoms. The van der Waals surface area contributed by atoms with E-state index in [9.17, 15) is 9.90 Å². The van der Waals surface area contributed by atoms with Gasteiger partial charge in [0.2, 0.25) is 0 Å². The Labute approximate surface area is 231 Å². The zero-order valence-corrected chi connectivity index (χ0v) is 24.4. The minimum atomic E-state index is 0.00165. The van der Waals surface area contributed by atoms with E-state index in [0.29, 0.717) is 29.7 Å². The van der Waals surface area contributed by atoms with Crippen LogP contribution in [-0.2, 0) is 4.79 Å². The van der Waals surface area contributed by atoms with Crippen molar-refractivity contribution in [3.63, 3.8) is 0 Å². The standard InChI is InChI=1S/C30H47N3O2S2/c1-27-13-16-36-37-20-29(12-14-32-26(31)33-29)11-6-7-22-23-17-21(27)18-28(9-3-4-10-28)25(8-2-5-15-34)30(23,27)19-24(22)35/h21,25,34H,2-20H2,1H3,(H3,31,32,33)/t21-,25+,27-,29-,30+/m0/s1. The number of unbranched alkanes of at least 4 members (excludes halogenated alkanes) is 1. The smallest absolute Gasteiger partial charge is 0.189 e. The van der Waals surface area contributed by atoms with Crippen LogP contribution in [0.3, 0.4) is 0 Å². The Bertz CT molecular complexity index is 976. The molecule has 5 atom stereocenters. The number of carbonyl (C=O) groups excluding carboxylic acids is 1. The van der Waals surface area contributed by atoms with Gasteiger partial charge in [0.25, 0.3) is 0 Å².